The van der Waals surface area contributed by atoms with Crippen molar-refractivity contribution in [1.82, 2.24) is 5.32 Å². The van der Waals surface area contributed by atoms with E-state index in [-0.39, 0.29) is 11.9 Å². The van der Waals surface area contributed by atoms with Gasteiger partial charge in [-0.05, 0) is 61.9 Å². The van der Waals surface area contributed by atoms with Gasteiger partial charge in [0.1, 0.15) is 0 Å². The van der Waals surface area contributed by atoms with Crippen LogP contribution in [0.4, 0.5) is 0 Å². The molecule has 1 aliphatic carbocycles. The van der Waals surface area contributed by atoms with Crippen LogP contribution in [0.1, 0.15) is 59.8 Å². The van der Waals surface area contributed by atoms with Gasteiger partial charge in [-0.25, -0.2) is 0 Å². The number of hydrogen-bond donors (Lipinski definition) is 2. The number of aryl methyl sites for hydroxylation is 1. The van der Waals surface area contributed by atoms with Crippen molar-refractivity contribution in [2.75, 3.05) is 0 Å². The van der Waals surface area contributed by atoms with Crippen molar-refractivity contribution in [3.63, 3.8) is 0 Å². The molecule has 130 valence electrons. The molecular formula is C21H23NO3. The molecule has 2 aromatic carbocycles. The molecular weight excluding hydrogens is 314 g/mol. The van der Waals surface area contributed by atoms with Crippen LogP contribution >= 0.6 is 0 Å². The number of carbonyl (C=O) groups excluding carboxylic acids is 1. The van der Waals surface area contributed by atoms with Gasteiger partial charge in [-0.1, -0.05) is 36.4 Å². The van der Waals surface area contributed by atoms with Crippen LogP contribution in [0.25, 0.3) is 0 Å². The lowest BCUT2D eigenvalue weighted by Crippen LogP contribution is -2.31. The fourth-order valence-corrected chi connectivity index (χ4v) is 3.31. The number of aliphatic carboxylic acids is 1. The molecule has 0 unspecified atom stereocenters. The lowest BCUT2D eigenvalue weighted by Gasteiger charge is -2.26. The minimum Gasteiger partial charge on any atom is -0.481 e. The largest absolute Gasteiger partial charge is 0.481 e. The molecule has 0 saturated carbocycles. The Balaban J connectivity index is 1.76. The molecule has 0 fully saturated rings. The molecule has 0 saturated heterocycles. The first kappa shape index (κ1) is 17.2. The SMILES string of the molecule is CC(C)(C(=O)O)c1ccc(C(=O)N[C@@H]2CCCc3ccccc32)cc1. The van der Waals surface area contributed by atoms with E-state index in [1.54, 1.807) is 38.1 Å². The van der Waals surface area contributed by atoms with E-state index < -0.39 is 11.4 Å². The first-order valence-corrected chi connectivity index (χ1v) is 8.62. The minimum absolute atomic E-state index is 0.0348. The Hall–Kier alpha value is -2.62. The first-order chi connectivity index (χ1) is 11.9. The number of carboxylic acid groups (broad SMARTS) is 1. The Labute approximate surface area is 147 Å². The molecule has 0 spiro atoms. The predicted molar refractivity (Wildman–Crippen MR) is 96.7 cm³/mol. The number of hydrogen-bond acceptors (Lipinski definition) is 2. The monoisotopic (exact) mass is 337 g/mol. The fourth-order valence-electron chi connectivity index (χ4n) is 3.31. The molecule has 1 atom stereocenters. The number of benzene rings is 2. The Bertz CT molecular complexity index is 793. The predicted octanol–water partition coefficient (Wildman–Crippen LogP) is 3.86. The maximum atomic E-state index is 12.6. The van der Waals surface area contributed by atoms with Gasteiger partial charge in [0.15, 0.2) is 0 Å². The lowest BCUT2D eigenvalue weighted by molar-refractivity contribution is -0.142. The second-order valence-corrected chi connectivity index (χ2v) is 7.12. The average Bonchev–Trinajstić information content (AvgIpc) is 2.62. The van der Waals surface area contributed by atoms with Crippen molar-refractivity contribution in [2.24, 2.45) is 0 Å². The highest BCUT2D eigenvalue weighted by molar-refractivity contribution is 5.94. The molecule has 1 aliphatic rings. The topological polar surface area (TPSA) is 66.4 Å². The van der Waals surface area contributed by atoms with Gasteiger partial charge in [-0.3, -0.25) is 9.59 Å². The summed E-state index contributed by atoms with van der Waals surface area (Å²) < 4.78 is 0. The molecule has 0 radical (unpaired) electrons. The average molecular weight is 337 g/mol. The highest BCUT2D eigenvalue weighted by atomic mass is 16.4. The molecule has 4 nitrogen and oxygen atoms in total. The molecule has 0 aromatic heterocycles. The summed E-state index contributed by atoms with van der Waals surface area (Å²) in [7, 11) is 0. The molecule has 2 aromatic rings. The standard InChI is InChI=1S/C21H23NO3/c1-21(2,20(24)25)16-12-10-15(11-13-16)19(23)22-18-9-5-7-14-6-3-4-8-17(14)18/h3-4,6,8,10-13,18H,5,7,9H2,1-2H3,(H,22,23)(H,24,25)/t18-/m1/s1. The van der Waals surface area contributed by atoms with E-state index in [1.165, 1.54) is 11.1 Å². The van der Waals surface area contributed by atoms with E-state index in [0.29, 0.717) is 11.1 Å². The van der Waals surface area contributed by atoms with Crippen LogP contribution < -0.4 is 5.32 Å². The summed E-state index contributed by atoms with van der Waals surface area (Å²) in [6.45, 7) is 3.31. The lowest BCUT2D eigenvalue weighted by atomic mass is 9.84. The number of nitrogens with one attached hydrogen (secondary N) is 1. The van der Waals surface area contributed by atoms with Crippen LogP contribution in [0.2, 0.25) is 0 Å². The minimum atomic E-state index is -0.975. The van der Waals surface area contributed by atoms with E-state index in [2.05, 4.69) is 17.4 Å². The summed E-state index contributed by atoms with van der Waals surface area (Å²) in [6, 6.07) is 15.1. The van der Waals surface area contributed by atoms with Crippen molar-refractivity contribution >= 4 is 11.9 Å². The van der Waals surface area contributed by atoms with Gasteiger partial charge in [0.2, 0.25) is 0 Å². The van der Waals surface area contributed by atoms with Crippen molar-refractivity contribution in [3.8, 4) is 0 Å². The molecule has 0 aliphatic heterocycles. The third-order valence-corrected chi connectivity index (χ3v) is 5.08. The van der Waals surface area contributed by atoms with Gasteiger partial charge in [0.25, 0.3) is 5.91 Å². The van der Waals surface area contributed by atoms with Gasteiger partial charge in [-0.2, -0.15) is 0 Å². The molecule has 25 heavy (non-hydrogen) atoms. The zero-order chi connectivity index (χ0) is 18.0. The van der Waals surface area contributed by atoms with Crippen LogP contribution in [0, 0.1) is 0 Å². The quantitative estimate of drug-likeness (QED) is 0.890. The summed E-state index contributed by atoms with van der Waals surface area (Å²) in [5.41, 5.74) is 2.76. The molecule has 0 bridgehead atoms. The highest BCUT2D eigenvalue weighted by Gasteiger charge is 2.29. The van der Waals surface area contributed by atoms with E-state index in [4.69, 9.17) is 0 Å². The third-order valence-electron chi connectivity index (χ3n) is 5.08. The summed E-state index contributed by atoms with van der Waals surface area (Å²) >= 11 is 0. The number of amides is 1. The second-order valence-electron chi connectivity index (χ2n) is 7.12. The van der Waals surface area contributed by atoms with E-state index >= 15 is 0 Å². The maximum Gasteiger partial charge on any atom is 0.313 e. The highest BCUT2D eigenvalue weighted by Crippen LogP contribution is 2.30. The zero-order valence-electron chi connectivity index (χ0n) is 14.6. The smallest absolute Gasteiger partial charge is 0.313 e. The van der Waals surface area contributed by atoms with E-state index in [9.17, 15) is 14.7 Å². The van der Waals surface area contributed by atoms with Gasteiger partial charge in [0.05, 0.1) is 11.5 Å². The molecule has 1 amide bonds. The van der Waals surface area contributed by atoms with Gasteiger partial charge in [0, 0.05) is 5.56 Å². The number of fused-ring (bicyclic) bond motifs is 1. The maximum absolute atomic E-state index is 12.6. The van der Waals surface area contributed by atoms with Crippen LogP contribution in [-0.2, 0) is 16.6 Å². The van der Waals surface area contributed by atoms with Crippen molar-refractivity contribution in [2.45, 2.75) is 44.6 Å². The normalized spacial score (nSPS) is 16.8. The van der Waals surface area contributed by atoms with Gasteiger partial charge >= 0.3 is 5.97 Å². The van der Waals surface area contributed by atoms with Crippen molar-refractivity contribution < 1.29 is 14.7 Å². The van der Waals surface area contributed by atoms with Crippen molar-refractivity contribution in [3.05, 3.63) is 70.8 Å². The summed E-state index contributed by atoms with van der Waals surface area (Å²) in [5.74, 6) is -1.01. The second kappa shape index (κ2) is 6.71. The molecule has 3 rings (SSSR count). The summed E-state index contributed by atoms with van der Waals surface area (Å²) in [4.78, 5) is 23.9. The first-order valence-electron chi connectivity index (χ1n) is 8.62. The Morgan fingerprint density at radius 2 is 1.76 bits per heavy atom. The van der Waals surface area contributed by atoms with Crippen molar-refractivity contribution in [1.29, 1.82) is 0 Å². The summed E-state index contributed by atoms with van der Waals surface area (Å²) in [6.07, 6.45) is 3.06. The Morgan fingerprint density at radius 1 is 1.08 bits per heavy atom. The number of carboxylic acids is 1. The van der Waals surface area contributed by atoms with Gasteiger partial charge in [-0.15, -0.1) is 0 Å². The Kier molecular flexibility index (Phi) is 4.62. The van der Waals surface area contributed by atoms with Gasteiger partial charge < -0.3 is 10.4 Å². The molecule has 4 heteroatoms. The van der Waals surface area contributed by atoms with Crippen LogP contribution in [-0.4, -0.2) is 17.0 Å². The fraction of sp³-hybridized carbons (Fsp3) is 0.333. The zero-order valence-corrected chi connectivity index (χ0v) is 14.6. The number of rotatable bonds is 4. The van der Waals surface area contributed by atoms with Crippen LogP contribution in [0.5, 0.6) is 0 Å². The summed E-state index contributed by atoms with van der Waals surface area (Å²) in [5, 5.41) is 12.4. The molecule has 2 N–H and O–H groups in total. The Morgan fingerprint density at radius 3 is 2.44 bits per heavy atom. The third kappa shape index (κ3) is 3.43. The van der Waals surface area contributed by atoms with Crippen LogP contribution in [0.15, 0.2) is 48.5 Å². The molecule has 0 heterocycles. The van der Waals surface area contributed by atoms with Crippen LogP contribution in [0.3, 0.4) is 0 Å². The number of carbonyl (C=O) groups is 2. The van der Waals surface area contributed by atoms with E-state index in [0.717, 1.165) is 19.3 Å². The van der Waals surface area contributed by atoms with E-state index in [1.807, 2.05) is 12.1 Å².